The molecule has 3 N–H and O–H groups in total. The minimum Gasteiger partial charge on any atom is -0.478 e. The minimum atomic E-state index is -0.723. The zero-order chi connectivity index (χ0) is 15.2. The molecule has 0 spiro atoms. The van der Waals surface area contributed by atoms with E-state index in [0.29, 0.717) is 18.5 Å². The predicted octanol–water partition coefficient (Wildman–Crippen LogP) is 2.15. The third kappa shape index (κ3) is 4.17. The van der Waals surface area contributed by atoms with Crippen molar-refractivity contribution in [2.45, 2.75) is 51.2 Å². The van der Waals surface area contributed by atoms with Gasteiger partial charge in [0, 0.05) is 6.04 Å². The molecule has 1 saturated carbocycles. The van der Waals surface area contributed by atoms with Gasteiger partial charge in [0.15, 0.2) is 17.7 Å². The maximum atomic E-state index is 13.9. The fourth-order valence-corrected chi connectivity index (χ4v) is 2.66. The summed E-state index contributed by atoms with van der Waals surface area (Å²) in [6, 6.07) is 4.95. The van der Waals surface area contributed by atoms with Crippen LogP contribution >= 0.6 is 0 Å². The van der Waals surface area contributed by atoms with E-state index in [1.807, 2.05) is 0 Å². The van der Waals surface area contributed by atoms with Crippen molar-refractivity contribution >= 4 is 5.91 Å². The van der Waals surface area contributed by atoms with Gasteiger partial charge in [-0.05, 0) is 44.4 Å². The summed E-state index contributed by atoms with van der Waals surface area (Å²) in [5.74, 6) is -0.512. The van der Waals surface area contributed by atoms with Gasteiger partial charge in [-0.25, -0.2) is 4.39 Å². The Labute approximate surface area is 124 Å². The highest BCUT2D eigenvalue weighted by atomic mass is 19.1. The van der Waals surface area contributed by atoms with E-state index >= 15 is 0 Å². The van der Waals surface area contributed by atoms with E-state index in [2.05, 4.69) is 5.32 Å². The third-order valence-electron chi connectivity index (χ3n) is 3.83. The largest absolute Gasteiger partial charge is 0.478 e. The Morgan fingerprint density at radius 1 is 1.48 bits per heavy atom. The molecular weight excluding hydrogens is 271 g/mol. The smallest absolute Gasteiger partial charge is 0.260 e. The Kier molecular flexibility index (Phi) is 5.56. The van der Waals surface area contributed by atoms with Crippen molar-refractivity contribution in [1.82, 2.24) is 5.32 Å². The van der Waals surface area contributed by atoms with E-state index in [1.165, 1.54) is 6.07 Å². The molecule has 1 atom stereocenters. The molecule has 1 aromatic carbocycles. The summed E-state index contributed by atoms with van der Waals surface area (Å²) in [4.78, 5) is 12.1. The lowest BCUT2D eigenvalue weighted by Crippen LogP contribution is -2.41. The number of amides is 1. The molecule has 0 aliphatic heterocycles. The fourth-order valence-electron chi connectivity index (χ4n) is 2.66. The SMILES string of the molecule is CC(Oc1c(F)cccc1CCN)C(=O)NC1CCCC1. The number of hydrogen-bond acceptors (Lipinski definition) is 3. The number of ether oxygens (including phenoxy) is 1. The molecule has 1 aromatic rings. The zero-order valence-electron chi connectivity index (χ0n) is 12.4. The summed E-state index contributed by atoms with van der Waals surface area (Å²) in [7, 11) is 0. The first-order chi connectivity index (χ1) is 10.1. The average molecular weight is 294 g/mol. The maximum absolute atomic E-state index is 13.9. The van der Waals surface area contributed by atoms with E-state index in [4.69, 9.17) is 10.5 Å². The fraction of sp³-hybridized carbons (Fsp3) is 0.562. The van der Waals surface area contributed by atoms with E-state index in [-0.39, 0.29) is 17.7 Å². The normalized spacial score (nSPS) is 16.7. The quantitative estimate of drug-likeness (QED) is 0.845. The lowest BCUT2D eigenvalue weighted by atomic mass is 10.1. The Hall–Kier alpha value is -1.62. The summed E-state index contributed by atoms with van der Waals surface area (Å²) in [5.41, 5.74) is 6.21. The molecule has 2 rings (SSSR count). The molecule has 1 aliphatic rings. The van der Waals surface area contributed by atoms with E-state index < -0.39 is 11.9 Å². The van der Waals surface area contributed by atoms with Gasteiger partial charge in [0.05, 0.1) is 0 Å². The average Bonchev–Trinajstić information content (AvgIpc) is 2.95. The molecule has 0 heterocycles. The highest BCUT2D eigenvalue weighted by molar-refractivity contribution is 5.81. The first kappa shape index (κ1) is 15.8. The van der Waals surface area contributed by atoms with Gasteiger partial charge >= 0.3 is 0 Å². The van der Waals surface area contributed by atoms with Crippen molar-refractivity contribution in [2.24, 2.45) is 5.73 Å². The molecule has 0 saturated heterocycles. The highest BCUT2D eigenvalue weighted by Gasteiger charge is 2.23. The number of nitrogens with two attached hydrogens (primary N) is 1. The molecule has 1 unspecified atom stereocenters. The van der Waals surface area contributed by atoms with Crippen LogP contribution in [0.2, 0.25) is 0 Å². The van der Waals surface area contributed by atoms with Gasteiger partial charge in [-0.15, -0.1) is 0 Å². The van der Waals surface area contributed by atoms with Crippen LogP contribution in [0.15, 0.2) is 18.2 Å². The van der Waals surface area contributed by atoms with Gasteiger partial charge in [-0.2, -0.15) is 0 Å². The van der Waals surface area contributed by atoms with E-state index in [1.54, 1.807) is 19.1 Å². The van der Waals surface area contributed by atoms with Gasteiger partial charge in [0.2, 0.25) is 0 Å². The predicted molar refractivity (Wildman–Crippen MR) is 79.6 cm³/mol. The summed E-state index contributed by atoms with van der Waals surface area (Å²) >= 11 is 0. The topological polar surface area (TPSA) is 64.3 Å². The van der Waals surface area contributed by atoms with Gasteiger partial charge in [-0.1, -0.05) is 25.0 Å². The van der Waals surface area contributed by atoms with Crippen molar-refractivity contribution in [1.29, 1.82) is 0 Å². The first-order valence-corrected chi connectivity index (χ1v) is 7.56. The molecule has 4 nitrogen and oxygen atoms in total. The number of rotatable bonds is 6. The first-order valence-electron chi connectivity index (χ1n) is 7.56. The van der Waals surface area contributed by atoms with Crippen molar-refractivity contribution in [3.05, 3.63) is 29.6 Å². The second kappa shape index (κ2) is 7.41. The third-order valence-corrected chi connectivity index (χ3v) is 3.83. The van der Waals surface area contributed by atoms with Crippen LogP contribution in [0, 0.1) is 5.82 Å². The molecule has 1 aliphatic carbocycles. The highest BCUT2D eigenvalue weighted by Crippen LogP contribution is 2.24. The standard InChI is InChI=1S/C16H23FN2O2/c1-11(16(20)19-13-6-2-3-7-13)21-15-12(9-10-18)5-4-8-14(15)17/h4-5,8,11,13H,2-3,6-7,9-10,18H2,1H3,(H,19,20). The van der Waals surface area contributed by atoms with Crippen LogP contribution in [0.3, 0.4) is 0 Å². The molecule has 5 heteroatoms. The van der Waals surface area contributed by atoms with Crippen LogP contribution in [-0.4, -0.2) is 24.6 Å². The molecular formula is C16H23FN2O2. The Morgan fingerprint density at radius 2 is 2.19 bits per heavy atom. The molecule has 21 heavy (non-hydrogen) atoms. The molecule has 0 aromatic heterocycles. The van der Waals surface area contributed by atoms with Crippen LogP contribution in [-0.2, 0) is 11.2 Å². The Morgan fingerprint density at radius 3 is 2.86 bits per heavy atom. The minimum absolute atomic E-state index is 0.136. The van der Waals surface area contributed by atoms with Crippen molar-refractivity contribution in [3.8, 4) is 5.75 Å². The number of carbonyl (C=O) groups is 1. The van der Waals surface area contributed by atoms with Crippen LogP contribution < -0.4 is 15.8 Å². The zero-order valence-corrected chi connectivity index (χ0v) is 12.4. The monoisotopic (exact) mass is 294 g/mol. The van der Waals surface area contributed by atoms with E-state index in [9.17, 15) is 9.18 Å². The maximum Gasteiger partial charge on any atom is 0.260 e. The van der Waals surface area contributed by atoms with Gasteiger partial charge in [0.25, 0.3) is 5.91 Å². The number of nitrogens with one attached hydrogen (secondary N) is 1. The number of hydrogen-bond donors (Lipinski definition) is 2. The van der Waals surface area contributed by atoms with Crippen LogP contribution in [0.4, 0.5) is 4.39 Å². The molecule has 116 valence electrons. The molecule has 1 fully saturated rings. The number of benzene rings is 1. The molecule has 0 bridgehead atoms. The second-order valence-corrected chi connectivity index (χ2v) is 5.52. The van der Waals surface area contributed by atoms with Gasteiger partial charge < -0.3 is 15.8 Å². The van der Waals surface area contributed by atoms with Gasteiger partial charge in [0.1, 0.15) is 0 Å². The summed E-state index contributed by atoms with van der Waals surface area (Å²) < 4.78 is 19.5. The van der Waals surface area contributed by atoms with Gasteiger partial charge in [-0.3, -0.25) is 4.79 Å². The van der Waals surface area contributed by atoms with Crippen LogP contribution in [0.1, 0.15) is 38.2 Å². The Bertz CT molecular complexity index is 487. The molecule has 0 radical (unpaired) electrons. The molecule has 1 amide bonds. The van der Waals surface area contributed by atoms with E-state index in [0.717, 1.165) is 25.7 Å². The Balaban J connectivity index is 2.01. The number of carbonyl (C=O) groups excluding carboxylic acids is 1. The lowest BCUT2D eigenvalue weighted by Gasteiger charge is -2.20. The van der Waals surface area contributed by atoms with Crippen LogP contribution in [0.5, 0.6) is 5.75 Å². The lowest BCUT2D eigenvalue weighted by molar-refractivity contribution is -0.128. The second-order valence-electron chi connectivity index (χ2n) is 5.52. The van der Waals surface area contributed by atoms with Crippen molar-refractivity contribution in [3.63, 3.8) is 0 Å². The number of halogens is 1. The van der Waals surface area contributed by atoms with Crippen molar-refractivity contribution in [2.75, 3.05) is 6.54 Å². The summed E-state index contributed by atoms with van der Waals surface area (Å²) in [6.45, 7) is 2.05. The summed E-state index contributed by atoms with van der Waals surface area (Å²) in [5, 5.41) is 2.96. The number of para-hydroxylation sites is 1. The van der Waals surface area contributed by atoms with Crippen molar-refractivity contribution < 1.29 is 13.9 Å². The summed E-state index contributed by atoms with van der Waals surface area (Å²) in [6.07, 6.45) is 4.11. The van der Waals surface area contributed by atoms with Crippen LogP contribution in [0.25, 0.3) is 0 Å².